The molecule has 0 unspecified atom stereocenters. The summed E-state index contributed by atoms with van der Waals surface area (Å²) in [6.45, 7) is 0.305. The standard InChI is InChI=1S/C20H19F2N7O2/c1-31-20-12(5-11(21)6-23-20)16-3-2-4-28(16)19-14(22)8-29-18(27-19)13(7-26-29)17-15(9-30)24-10-25-17/h5-8,10,16,30H,2-4,9H2,1H3,(H,24,25)/t16-/m1/s1. The molecular formula is C20H19F2N7O2. The number of aromatic nitrogens is 6. The monoisotopic (exact) mass is 427 g/mol. The minimum atomic E-state index is -0.554. The van der Waals surface area contributed by atoms with E-state index in [2.05, 4.69) is 25.0 Å². The van der Waals surface area contributed by atoms with Crippen LogP contribution < -0.4 is 9.64 Å². The van der Waals surface area contributed by atoms with Crippen molar-refractivity contribution in [3.05, 3.63) is 53.9 Å². The number of methoxy groups -OCH3 is 1. The smallest absolute Gasteiger partial charge is 0.218 e. The fourth-order valence-corrected chi connectivity index (χ4v) is 4.12. The van der Waals surface area contributed by atoms with Crippen molar-refractivity contribution in [2.24, 2.45) is 0 Å². The molecule has 9 nitrogen and oxygen atoms in total. The summed E-state index contributed by atoms with van der Waals surface area (Å²) in [5.41, 5.74) is 2.51. The second-order valence-electron chi connectivity index (χ2n) is 7.23. The Kier molecular flexibility index (Phi) is 4.74. The van der Waals surface area contributed by atoms with Crippen LogP contribution in [-0.4, -0.2) is 48.3 Å². The quantitative estimate of drug-likeness (QED) is 0.505. The zero-order valence-corrected chi connectivity index (χ0v) is 16.6. The normalized spacial score (nSPS) is 16.4. The molecule has 11 heteroatoms. The van der Waals surface area contributed by atoms with Gasteiger partial charge in [0.2, 0.25) is 5.88 Å². The first kappa shape index (κ1) is 19.4. The number of pyridine rings is 1. The zero-order chi connectivity index (χ0) is 21.5. The number of aliphatic hydroxyl groups excluding tert-OH is 1. The van der Waals surface area contributed by atoms with Crippen LogP contribution >= 0.6 is 0 Å². The van der Waals surface area contributed by atoms with Gasteiger partial charge in [0.05, 0.1) is 61.6 Å². The van der Waals surface area contributed by atoms with Crippen LogP contribution in [0.25, 0.3) is 16.9 Å². The fourth-order valence-electron chi connectivity index (χ4n) is 4.12. The molecule has 0 amide bonds. The predicted molar refractivity (Wildman–Crippen MR) is 107 cm³/mol. The maximum atomic E-state index is 15.1. The second kappa shape index (κ2) is 7.58. The number of anilines is 1. The van der Waals surface area contributed by atoms with Gasteiger partial charge in [-0.3, -0.25) is 0 Å². The molecule has 0 spiro atoms. The molecule has 5 rings (SSSR count). The van der Waals surface area contributed by atoms with Gasteiger partial charge in [0.15, 0.2) is 17.3 Å². The second-order valence-corrected chi connectivity index (χ2v) is 7.23. The summed E-state index contributed by atoms with van der Waals surface area (Å²) in [4.78, 5) is 17.5. The molecule has 0 radical (unpaired) electrons. The maximum Gasteiger partial charge on any atom is 0.218 e. The highest BCUT2D eigenvalue weighted by atomic mass is 19.1. The molecule has 0 aromatic carbocycles. The lowest BCUT2D eigenvalue weighted by Crippen LogP contribution is -2.26. The number of ether oxygens (including phenoxy) is 1. The third-order valence-electron chi connectivity index (χ3n) is 5.48. The van der Waals surface area contributed by atoms with E-state index in [1.165, 1.54) is 36.4 Å². The van der Waals surface area contributed by atoms with Gasteiger partial charge in [-0.15, -0.1) is 0 Å². The van der Waals surface area contributed by atoms with Crippen molar-refractivity contribution in [1.29, 1.82) is 0 Å². The van der Waals surface area contributed by atoms with E-state index in [-0.39, 0.29) is 18.5 Å². The average molecular weight is 427 g/mol. The van der Waals surface area contributed by atoms with Crippen molar-refractivity contribution in [2.75, 3.05) is 18.6 Å². The summed E-state index contributed by atoms with van der Waals surface area (Å²) in [6, 6.07) is 1.03. The molecule has 0 bridgehead atoms. The third-order valence-corrected chi connectivity index (χ3v) is 5.48. The number of imidazole rings is 1. The van der Waals surface area contributed by atoms with Gasteiger partial charge in [0.25, 0.3) is 0 Å². The van der Waals surface area contributed by atoms with Crippen LogP contribution in [0, 0.1) is 11.6 Å². The van der Waals surface area contributed by atoms with Crippen molar-refractivity contribution < 1.29 is 18.6 Å². The average Bonchev–Trinajstić information content (AvgIpc) is 3.51. The van der Waals surface area contributed by atoms with Crippen molar-refractivity contribution in [3.63, 3.8) is 0 Å². The minimum absolute atomic E-state index is 0.129. The molecule has 0 aliphatic carbocycles. The van der Waals surface area contributed by atoms with E-state index >= 15 is 4.39 Å². The summed E-state index contributed by atoms with van der Waals surface area (Å²) in [5.74, 6) is -0.612. The Morgan fingerprint density at radius 2 is 2.16 bits per heavy atom. The van der Waals surface area contributed by atoms with Crippen molar-refractivity contribution in [1.82, 2.24) is 29.5 Å². The Morgan fingerprint density at radius 3 is 2.97 bits per heavy atom. The molecule has 4 aromatic rings. The molecule has 1 fully saturated rings. The summed E-state index contributed by atoms with van der Waals surface area (Å²) in [5, 5.41) is 13.7. The molecule has 1 saturated heterocycles. The number of aliphatic hydroxyl groups is 1. The molecule has 1 atom stereocenters. The number of nitrogens with one attached hydrogen (secondary N) is 1. The van der Waals surface area contributed by atoms with E-state index in [1.54, 1.807) is 4.90 Å². The van der Waals surface area contributed by atoms with Gasteiger partial charge in [-0.05, 0) is 18.9 Å². The first-order valence-corrected chi connectivity index (χ1v) is 9.74. The van der Waals surface area contributed by atoms with Gasteiger partial charge in [-0.1, -0.05) is 0 Å². The van der Waals surface area contributed by atoms with Gasteiger partial charge in [-0.25, -0.2) is 28.2 Å². The van der Waals surface area contributed by atoms with Gasteiger partial charge in [0.1, 0.15) is 5.82 Å². The number of aromatic amines is 1. The molecule has 2 N–H and O–H groups in total. The van der Waals surface area contributed by atoms with Crippen LogP contribution in [0.4, 0.5) is 14.6 Å². The Morgan fingerprint density at radius 1 is 1.29 bits per heavy atom. The predicted octanol–water partition coefficient (Wildman–Crippen LogP) is 2.63. The van der Waals surface area contributed by atoms with Crippen LogP contribution in [0.5, 0.6) is 5.88 Å². The molecule has 4 aromatic heterocycles. The molecule has 0 saturated carbocycles. The Hall–Kier alpha value is -3.60. The fraction of sp³-hybridized carbons (Fsp3) is 0.300. The zero-order valence-electron chi connectivity index (χ0n) is 16.6. The van der Waals surface area contributed by atoms with Gasteiger partial charge >= 0.3 is 0 Å². The minimum Gasteiger partial charge on any atom is -0.481 e. The Balaban J connectivity index is 1.62. The molecule has 160 valence electrons. The van der Waals surface area contributed by atoms with Crippen molar-refractivity contribution in [2.45, 2.75) is 25.5 Å². The van der Waals surface area contributed by atoms with E-state index in [4.69, 9.17) is 4.74 Å². The van der Waals surface area contributed by atoms with E-state index < -0.39 is 11.6 Å². The third kappa shape index (κ3) is 3.17. The molecule has 1 aliphatic heterocycles. The van der Waals surface area contributed by atoms with E-state index in [1.807, 2.05) is 0 Å². The molecule has 31 heavy (non-hydrogen) atoms. The largest absolute Gasteiger partial charge is 0.481 e. The van der Waals surface area contributed by atoms with Gasteiger partial charge in [0, 0.05) is 12.1 Å². The summed E-state index contributed by atoms with van der Waals surface area (Å²) in [7, 11) is 1.47. The SMILES string of the molecule is COc1ncc(F)cc1[C@H]1CCCN1c1nc2c(-c3nc[nH]c3CO)cnn2cc1F. The number of fused-ring (bicyclic) bond motifs is 1. The lowest BCUT2D eigenvalue weighted by atomic mass is 10.1. The highest BCUT2D eigenvalue weighted by molar-refractivity contribution is 5.77. The van der Waals surface area contributed by atoms with Crippen LogP contribution in [0.1, 0.15) is 30.1 Å². The highest BCUT2D eigenvalue weighted by Crippen LogP contribution is 2.40. The maximum absolute atomic E-state index is 15.1. The lowest BCUT2D eigenvalue weighted by Gasteiger charge is -2.27. The van der Waals surface area contributed by atoms with Crippen LogP contribution in [0.15, 0.2) is 31.0 Å². The lowest BCUT2D eigenvalue weighted by molar-refractivity contribution is 0.278. The summed E-state index contributed by atoms with van der Waals surface area (Å²) < 4.78 is 35.6. The number of nitrogens with zero attached hydrogens (tertiary/aromatic N) is 6. The number of hydrogen-bond donors (Lipinski definition) is 2. The number of H-pyrrole nitrogens is 1. The highest BCUT2D eigenvalue weighted by Gasteiger charge is 2.33. The summed E-state index contributed by atoms with van der Waals surface area (Å²) >= 11 is 0. The Labute approximate surface area is 175 Å². The Bertz CT molecular complexity index is 1260. The van der Waals surface area contributed by atoms with E-state index in [9.17, 15) is 9.50 Å². The molecule has 5 heterocycles. The molecule has 1 aliphatic rings. The first-order chi connectivity index (χ1) is 15.1. The van der Waals surface area contributed by atoms with Gasteiger partial charge in [-0.2, -0.15) is 5.10 Å². The summed E-state index contributed by atoms with van der Waals surface area (Å²) in [6.07, 6.45) is 6.79. The number of hydrogen-bond acceptors (Lipinski definition) is 7. The van der Waals surface area contributed by atoms with Crippen LogP contribution in [0.3, 0.4) is 0 Å². The number of rotatable bonds is 5. The van der Waals surface area contributed by atoms with Gasteiger partial charge < -0.3 is 19.7 Å². The number of halogens is 2. The van der Waals surface area contributed by atoms with Crippen LogP contribution in [-0.2, 0) is 6.61 Å². The van der Waals surface area contributed by atoms with Crippen LogP contribution in [0.2, 0.25) is 0 Å². The van der Waals surface area contributed by atoms with Crippen molar-refractivity contribution >= 4 is 11.5 Å². The topological polar surface area (TPSA) is 104 Å². The van der Waals surface area contributed by atoms with E-state index in [0.29, 0.717) is 47.0 Å². The molecular weight excluding hydrogens is 408 g/mol. The van der Waals surface area contributed by atoms with Crippen molar-refractivity contribution in [3.8, 4) is 17.1 Å². The van der Waals surface area contributed by atoms with E-state index in [0.717, 1.165) is 12.6 Å². The first-order valence-electron chi connectivity index (χ1n) is 9.74.